The number of ether oxygens (including phenoxy) is 1. The molecule has 0 unspecified atom stereocenters. The minimum Gasteiger partial charge on any atom is -0.444 e. The van der Waals surface area contributed by atoms with Gasteiger partial charge in [0.15, 0.2) is 5.65 Å². The topological polar surface area (TPSA) is 71.8 Å². The highest BCUT2D eigenvalue weighted by atomic mass is 79.9. The number of likely N-dealkylation sites (tertiary alicyclic amines) is 1. The van der Waals surface area contributed by atoms with Crippen LogP contribution >= 0.6 is 15.9 Å². The number of pyridine rings is 1. The van der Waals surface area contributed by atoms with Crippen LogP contribution < -0.4 is 5.32 Å². The predicted molar refractivity (Wildman–Crippen MR) is 102 cm³/mol. The zero-order valence-electron chi connectivity index (χ0n) is 15.3. The lowest BCUT2D eigenvalue weighted by Gasteiger charge is -2.38. The molecule has 2 aromatic heterocycles. The molecule has 0 aromatic carbocycles. The molecule has 0 radical (unpaired) electrons. The van der Waals surface area contributed by atoms with E-state index in [4.69, 9.17) is 4.74 Å². The number of nitrogens with one attached hydrogen (secondary N) is 1. The second kappa shape index (κ2) is 6.40. The molecular formula is C18H24BrN5O2. The van der Waals surface area contributed by atoms with Gasteiger partial charge in [0.05, 0.1) is 4.47 Å². The van der Waals surface area contributed by atoms with Gasteiger partial charge in [0.1, 0.15) is 5.60 Å². The standard InChI is InChI=1S/C18H24BrN5O2/c1-18(2,3)26-17(25)23-9-11-6-7-12(10-23)14(11)20-16-21-15-13(19)5-4-8-24(15)22-16/h4-5,8,11-12,14H,6-7,9-10H2,1-3H3,(H,20,22)/t11-,12+,14-. The summed E-state index contributed by atoms with van der Waals surface area (Å²) in [7, 11) is 0. The number of hydrogen-bond donors (Lipinski definition) is 1. The molecule has 1 saturated carbocycles. The van der Waals surface area contributed by atoms with E-state index in [1.807, 2.05) is 44.0 Å². The summed E-state index contributed by atoms with van der Waals surface area (Å²) < 4.78 is 8.23. The Labute approximate surface area is 161 Å². The molecule has 8 heteroatoms. The van der Waals surface area contributed by atoms with E-state index in [0.29, 0.717) is 23.8 Å². The Morgan fingerprint density at radius 2 is 2.00 bits per heavy atom. The fourth-order valence-electron chi connectivity index (χ4n) is 4.02. The van der Waals surface area contributed by atoms with Crippen LogP contribution in [0.25, 0.3) is 5.65 Å². The van der Waals surface area contributed by atoms with Crippen molar-refractivity contribution in [2.75, 3.05) is 18.4 Å². The van der Waals surface area contributed by atoms with Gasteiger partial charge in [-0.05, 0) is 73.5 Å². The number of piperidine rings is 1. The highest BCUT2D eigenvalue weighted by Crippen LogP contribution is 2.39. The minimum atomic E-state index is -0.459. The Morgan fingerprint density at radius 3 is 2.62 bits per heavy atom. The monoisotopic (exact) mass is 421 g/mol. The quantitative estimate of drug-likeness (QED) is 0.802. The van der Waals surface area contributed by atoms with Crippen LogP contribution in [-0.4, -0.2) is 50.3 Å². The first-order valence-electron chi connectivity index (χ1n) is 9.05. The number of nitrogens with zero attached hydrogens (tertiary/aromatic N) is 4. The van der Waals surface area contributed by atoms with Crippen LogP contribution in [0.1, 0.15) is 33.6 Å². The maximum Gasteiger partial charge on any atom is 0.410 e. The molecular weight excluding hydrogens is 398 g/mol. The van der Waals surface area contributed by atoms with Crippen LogP contribution in [0.5, 0.6) is 0 Å². The maximum absolute atomic E-state index is 12.4. The highest BCUT2D eigenvalue weighted by molar-refractivity contribution is 9.10. The molecule has 1 saturated heterocycles. The van der Waals surface area contributed by atoms with E-state index >= 15 is 0 Å². The second-order valence-corrected chi connectivity index (χ2v) is 9.07. The first kappa shape index (κ1) is 17.6. The van der Waals surface area contributed by atoms with Crippen molar-refractivity contribution in [3.8, 4) is 0 Å². The Kier molecular flexibility index (Phi) is 4.33. The normalized spacial score (nSPS) is 25.5. The number of halogens is 1. The number of anilines is 1. The average molecular weight is 422 g/mol. The number of aromatic nitrogens is 3. The van der Waals surface area contributed by atoms with Crippen molar-refractivity contribution in [3.05, 3.63) is 22.8 Å². The van der Waals surface area contributed by atoms with E-state index in [-0.39, 0.29) is 6.09 Å². The smallest absolute Gasteiger partial charge is 0.410 e. The summed E-state index contributed by atoms with van der Waals surface area (Å²) >= 11 is 3.51. The van der Waals surface area contributed by atoms with Gasteiger partial charge in [0.25, 0.3) is 0 Å². The molecule has 2 aromatic rings. The molecule has 1 aliphatic carbocycles. The van der Waals surface area contributed by atoms with Crippen LogP contribution in [0, 0.1) is 11.8 Å². The Bertz CT molecular complexity index is 817. The average Bonchev–Trinajstić information content (AvgIpc) is 3.04. The number of hydrogen-bond acceptors (Lipinski definition) is 5. The van der Waals surface area contributed by atoms with Crippen molar-refractivity contribution >= 4 is 33.6 Å². The molecule has 1 amide bonds. The lowest BCUT2D eigenvalue weighted by molar-refractivity contribution is 0.0141. The Balaban J connectivity index is 1.46. The van der Waals surface area contributed by atoms with Gasteiger partial charge in [-0.3, -0.25) is 0 Å². The van der Waals surface area contributed by atoms with E-state index < -0.39 is 5.60 Å². The fourth-order valence-corrected chi connectivity index (χ4v) is 4.44. The van der Waals surface area contributed by atoms with Gasteiger partial charge in [0.2, 0.25) is 5.95 Å². The van der Waals surface area contributed by atoms with E-state index in [1.165, 1.54) is 0 Å². The third-order valence-electron chi connectivity index (χ3n) is 5.10. The zero-order valence-corrected chi connectivity index (χ0v) is 16.9. The van der Waals surface area contributed by atoms with Crippen LogP contribution in [0.2, 0.25) is 0 Å². The maximum atomic E-state index is 12.4. The third kappa shape index (κ3) is 3.39. The second-order valence-electron chi connectivity index (χ2n) is 8.21. The largest absolute Gasteiger partial charge is 0.444 e. The van der Waals surface area contributed by atoms with Gasteiger partial charge in [-0.15, -0.1) is 5.10 Å². The molecule has 140 valence electrons. The van der Waals surface area contributed by atoms with Crippen molar-refractivity contribution in [3.63, 3.8) is 0 Å². The lowest BCUT2D eigenvalue weighted by Crippen LogP contribution is -2.51. The summed E-state index contributed by atoms with van der Waals surface area (Å²) in [5.41, 5.74) is 0.340. The molecule has 2 fully saturated rings. The highest BCUT2D eigenvalue weighted by Gasteiger charge is 2.44. The van der Waals surface area contributed by atoms with Gasteiger partial charge in [0, 0.05) is 25.3 Å². The molecule has 3 heterocycles. The van der Waals surface area contributed by atoms with Crippen LogP contribution in [-0.2, 0) is 4.74 Å². The minimum absolute atomic E-state index is 0.206. The first-order valence-corrected chi connectivity index (χ1v) is 9.85. The summed E-state index contributed by atoms with van der Waals surface area (Å²) in [5.74, 6) is 1.44. The third-order valence-corrected chi connectivity index (χ3v) is 5.71. The number of fused-ring (bicyclic) bond motifs is 3. The zero-order chi connectivity index (χ0) is 18.5. The molecule has 1 aliphatic heterocycles. The van der Waals surface area contributed by atoms with Crippen molar-refractivity contribution in [2.24, 2.45) is 11.8 Å². The van der Waals surface area contributed by atoms with E-state index in [1.54, 1.807) is 4.52 Å². The van der Waals surface area contributed by atoms with Crippen molar-refractivity contribution in [1.82, 2.24) is 19.5 Å². The fraction of sp³-hybridized carbons (Fsp3) is 0.611. The SMILES string of the molecule is CC(C)(C)OC(=O)N1C[C@H]2CC[C@@H](C1)[C@@H]2Nc1nc2c(Br)cccn2n1. The van der Waals surface area contributed by atoms with Crippen LogP contribution in [0.4, 0.5) is 10.7 Å². The van der Waals surface area contributed by atoms with Gasteiger partial charge in [-0.1, -0.05) is 0 Å². The predicted octanol–water partition coefficient (Wildman–Crippen LogP) is 3.55. The first-order chi connectivity index (χ1) is 12.3. The summed E-state index contributed by atoms with van der Waals surface area (Å²) in [6.07, 6.45) is 3.90. The lowest BCUT2D eigenvalue weighted by atomic mass is 9.92. The summed E-state index contributed by atoms with van der Waals surface area (Å²) in [5, 5.41) is 8.05. The molecule has 2 aliphatic rings. The Hall–Kier alpha value is -1.83. The van der Waals surface area contributed by atoms with Gasteiger partial charge >= 0.3 is 6.09 Å². The molecule has 4 rings (SSSR count). The Morgan fingerprint density at radius 1 is 1.31 bits per heavy atom. The molecule has 7 nitrogen and oxygen atoms in total. The molecule has 0 spiro atoms. The molecule has 1 N–H and O–H groups in total. The summed E-state index contributed by atoms with van der Waals surface area (Å²) in [6.45, 7) is 7.16. The molecule has 26 heavy (non-hydrogen) atoms. The number of carbonyl (C=O) groups excluding carboxylic acids is 1. The van der Waals surface area contributed by atoms with E-state index in [9.17, 15) is 4.79 Å². The van der Waals surface area contributed by atoms with E-state index in [2.05, 4.69) is 31.3 Å². The summed E-state index contributed by atoms with van der Waals surface area (Å²) in [6, 6.07) is 4.18. The van der Waals surface area contributed by atoms with Crippen molar-refractivity contribution < 1.29 is 9.53 Å². The molecule has 2 bridgehead atoms. The number of carbonyl (C=O) groups is 1. The van der Waals surface area contributed by atoms with Gasteiger partial charge < -0.3 is 15.0 Å². The number of amides is 1. The van der Waals surface area contributed by atoms with Crippen molar-refractivity contribution in [1.29, 1.82) is 0 Å². The molecule has 3 atom stereocenters. The number of rotatable bonds is 2. The van der Waals surface area contributed by atoms with Gasteiger partial charge in [-0.25, -0.2) is 9.31 Å². The van der Waals surface area contributed by atoms with E-state index in [0.717, 1.165) is 36.1 Å². The van der Waals surface area contributed by atoms with Gasteiger partial charge in [-0.2, -0.15) is 4.98 Å². The van der Waals surface area contributed by atoms with Crippen LogP contribution in [0.3, 0.4) is 0 Å². The summed E-state index contributed by atoms with van der Waals surface area (Å²) in [4.78, 5) is 18.9. The van der Waals surface area contributed by atoms with Crippen molar-refractivity contribution in [2.45, 2.75) is 45.3 Å². The van der Waals surface area contributed by atoms with Crippen LogP contribution in [0.15, 0.2) is 22.8 Å².